The molecule has 0 aliphatic carbocycles. The predicted octanol–water partition coefficient (Wildman–Crippen LogP) is 1.38. The summed E-state index contributed by atoms with van der Waals surface area (Å²) in [7, 11) is 4.27. The van der Waals surface area contributed by atoms with Crippen LogP contribution in [0.3, 0.4) is 0 Å². The molecule has 1 aliphatic heterocycles. The zero-order chi connectivity index (χ0) is 11.3. The molecule has 0 radical (unpaired) electrons. The van der Waals surface area contributed by atoms with E-state index in [-0.39, 0.29) is 0 Å². The summed E-state index contributed by atoms with van der Waals surface area (Å²) in [6, 6.07) is 0.438. The number of hydrogen-bond acceptors (Lipinski definition) is 3. The fourth-order valence-electron chi connectivity index (χ4n) is 2.06. The fraction of sp³-hybridized carbons (Fsp3) is 0.917. The highest BCUT2D eigenvalue weighted by molar-refractivity contribution is 5.79. The van der Waals surface area contributed by atoms with E-state index < -0.39 is 0 Å². The first-order valence-electron chi connectivity index (χ1n) is 6.04. The summed E-state index contributed by atoms with van der Waals surface area (Å²) >= 11 is 0. The molecule has 1 aliphatic rings. The molecule has 1 heterocycles. The van der Waals surface area contributed by atoms with Gasteiger partial charge in [-0.2, -0.15) is 0 Å². The molecule has 3 nitrogen and oxygen atoms in total. The van der Waals surface area contributed by atoms with Crippen LogP contribution in [0.4, 0.5) is 0 Å². The average molecular weight is 212 g/mol. The van der Waals surface area contributed by atoms with E-state index in [0.717, 1.165) is 45.3 Å². The Morgan fingerprint density at radius 2 is 2.07 bits per heavy atom. The van der Waals surface area contributed by atoms with Crippen LogP contribution in [0.5, 0.6) is 0 Å². The number of rotatable bonds is 5. The maximum absolute atomic E-state index is 11.7. The van der Waals surface area contributed by atoms with Crippen molar-refractivity contribution in [2.24, 2.45) is 0 Å². The monoisotopic (exact) mass is 212 g/mol. The minimum Gasteiger partial charge on any atom is -0.304 e. The van der Waals surface area contributed by atoms with Gasteiger partial charge in [0, 0.05) is 38.5 Å². The Morgan fingerprint density at radius 1 is 1.33 bits per heavy atom. The molecule has 0 N–H and O–H groups in total. The topological polar surface area (TPSA) is 23.6 Å². The molecule has 88 valence electrons. The van der Waals surface area contributed by atoms with Crippen molar-refractivity contribution < 1.29 is 4.79 Å². The summed E-state index contributed by atoms with van der Waals surface area (Å²) in [4.78, 5) is 16.3. The molecule has 0 spiro atoms. The lowest BCUT2D eigenvalue weighted by Gasteiger charge is -2.37. The molecule has 0 aromatic rings. The minimum absolute atomic E-state index is 0.434. The van der Waals surface area contributed by atoms with Crippen LogP contribution < -0.4 is 0 Å². The number of ketones is 1. The van der Waals surface area contributed by atoms with Crippen LogP contribution in [0.1, 0.15) is 32.6 Å². The molecule has 1 rings (SSSR count). The molecule has 1 fully saturated rings. The van der Waals surface area contributed by atoms with Crippen LogP contribution >= 0.6 is 0 Å². The van der Waals surface area contributed by atoms with Crippen molar-refractivity contribution in [1.29, 1.82) is 0 Å². The fourth-order valence-corrected chi connectivity index (χ4v) is 2.06. The maximum Gasteiger partial charge on any atom is 0.134 e. The molecular formula is C12H24N2O. The normalized spacial score (nSPS) is 24.3. The molecule has 15 heavy (non-hydrogen) atoms. The van der Waals surface area contributed by atoms with Crippen molar-refractivity contribution in [3.63, 3.8) is 0 Å². The molecule has 0 bridgehead atoms. The predicted molar refractivity (Wildman–Crippen MR) is 63.1 cm³/mol. The Hall–Kier alpha value is -0.410. The highest BCUT2D eigenvalue weighted by Crippen LogP contribution is 2.11. The van der Waals surface area contributed by atoms with E-state index in [0.29, 0.717) is 11.8 Å². The third kappa shape index (κ3) is 4.31. The van der Waals surface area contributed by atoms with E-state index in [9.17, 15) is 4.79 Å². The van der Waals surface area contributed by atoms with E-state index in [4.69, 9.17) is 0 Å². The smallest absolute Gasteiger partial charge is 0.134 e. The number of nitrogens with zero attached hydrogens (tertiary/aromatic N) is 2. The van der Waals surface area contributed by atoms with Crippen LogP contribution in [0, 0.1) is 0 Å². The molecule has 0 aromatic carbocycles. The second kappa shape index (κ2) is 6.23. The second-order valence-corrected chi connectivity index (χ2v) is 4.74. The van der Waals surface area contributed by atoms with Gasteiger partial charge in [-0.05, 0) is 20.5 Å². The van der Waals surface area contributed by atoms with Crippen molar-refractivity contribution in [3.05, 3.63) is 0 Å². The summed E-state index contributed by atoms with van der Waals surface area (Å²) < 4.78 is 0. The van der Waals surface area contributed by atoms with Gasteiger partial charge >= 0.3 is 0 Å². The van der Waals surface area contributed by atoms with Gasteiger partial charge in [-0.3, -0.25) is 4.79 Å². The molecule has 1 saturated heterocycles. The van der Waals surface area contributed by atoms with Crippen LogP contribution in [0.25, 0.3) is 0 Å². The molecule has 0 aromatic heterocycles. The molecule has 0 saturated carbocycles. The number of piperazine rings is 1. The molecule has 1 unspecified atom stereocenters. The maximum atomic E-state index is 11.7. The van der Waals surface area contributed by atoms with E-state index >= 15 is 0 Å². The number of carbonyl (C=O) groups excluding carboxylic acids is 1. The highest BCUT2D eigenvalue weighted by atomic mass is 16.1. The van der Waals surface area contributed by atoms with E-state index in [1.807, 2.05) is 0 Å². The van der Waals surface area contributed by atoms with Gasteiger partial charge in [0.2, 0.25) is 0 Å². The van der Waals surface area contributed by atoms with Gasteiger partial charge in [-0.15, -0.1) is 0 Å². The highest BCUT2D eigenvalue weighted by Gasteiger charge is 2.23. The number of likely N-dealkylation sites (N-methyl/N-ethyl adjacent to an activating group) is 2. The molecule has 3 heteroatoms. The quantitative estimate of drug-likeness (QED) is 0.688. The van der Waals surface area contributed by atoms with Crippen molar-refractivity contribution in [2.75, 3.05) is 33.7 Å². The lowest BCUT2D eigenvalue weighted by atomic mass is 10.0. The Labute approximate surface area is 93.4 Å². The summed E-state index contributed by atoms with van der Waals surface area (Å²) in [6.45, 7) is 5.38. The lowest BCUT2D eigenvalue weighted by Crippen LogP contribution is -2.50. The third-order valence-electron chi connectivity index (χ3n) is 3.25. The molecule has 1 atom stereocenters. The van der Waals surface area contributed by atoms with Gasteiger partial charge in [-0.1, -0.05) is 13.3 Å². The Balaban J connectivity index is 2.31. The SMILES string of the molecule is CCCCC(=O)CC1CN(C)CCN1C. The third-order valence-corrected chi connectivity index (χ3v) is 3.25. The van der Waals surface area contributed by atoms with Crippen LogP contribution in [0.2, 0.25) is 0 Å². The van der Waals surface area contributed by atoms with Crippen molar-refractivity contribution in [2.45, 2.75) is 38.6 Å². The van der Waals surface area contributed by atoms with Gasteiger partial charge in [0.1, 0.15) is 5.78 Å². The van der Waals surface area contributed by atoms with Crippen LogP contribution in [-0.2, 0) is 4.79 Å². The lowest BCUT2D eigenvalue weighted by molar-refractivity contribution is -0.120. The first kappa shape index (κ1) is 12.7. The summed E-state index contributed by atoms with van der Waals surface area (Å²) in [5.41, 5.74) is 0. The Kier molecular flexibility index (Phi) is 5.26. The minimum atomic E-state index is 0.434. The van der Waals surface area contributed by atoms with Crippen molar-refractivity contribution in [1.82, 2.24) is 9.80 Å². The zero-order valence-corrected chi connectivity index (χ0v) is 10.3. The van der Waals surface area contributed by atoms with Crippen LogP contribution in [0.15, 0.2) is 0 Å². The second-order valence-electron chi connectivity index (χ2n) is 4.74. The average Bonchev–Trinajstić information content (AvgIpc) is 2.20. The summed E-state index contributed by atoms with van der Waals surface area (Å²) in [5.74, 6) is 0.434. The largest absolute Gasteiger partial charge is 0.304 e. The number of hydrogen-bond donors (Lipinski definition) is 0. The molecular weight excluding hydrogens is 188 g/mol. The summed E-state index contributed by atoms with van der Waals surface area (Å²) in [6.07, 6.45) is 3.67. The van der Waals surface area contributed by atoms with Crippen molar-refractivity contribution >= 4 is 5.78 Å². The summed E-state index contributed by atoms with van der Waals surface area (Å²) in [5, 5.41) is 0. The van der Waals surface area contributed by atoms with E-state index in [2.05, 4.69) is 30.8 Å². The van der Waals surface area contributed by atoms with Crippen molar-refractivity contribution in [3.8, 4) is 0 Å². The number of carbonyl (C=O) groups is 1. The van der Waals surface area contributed by atoms with Gasteiger partial charge in [0.15, 0.2) is 0 Å². The number of Topliss-reactive ketones (excluding diaryl/α,β-unsaturated/α-hetero) is 1. The van der Waals surface area contributed by atoms with Gasteiger partial charge < -0.3 is 9.80 Å². The molecule has 0 amide bonds. The van der Waals surface area contributed by atoms with Crippen LogP contribution in [-0.4, -0.2) is 55.4 Å². The Morgan fingerprint density at radius 3 is 2.73 bits per heavy atom. The van der Waals surface area contributed by atoms with E-state index in [1.54, 1.807) is 0 Å². The Bertz CT molecular complexity index is 206. The zero-order valence-electron chi connectivity index (χ0n) is 10.3. The van der Waals surface area contributed by atoms with Gasteiger partial charge in [0.25, 0.3) is 0 Å². The van der Waals surface area contributed by atoms with Gasteiger partial charge in [-0.25, -0.2) is 0 Å². The first-order chi connectivity index (χ1) is 7.13. The first-order valence-corrected chi connectivity index (χ1v) is 6.04. The van der Waals surface area contributed by atoms with E-state index in [1.165, 1.54) is 0 Å². The number of unbranched alkanes of at least 4 members (excludes halogenated alkanes) is 1. The van der Waals surface area contributed by atoms with Gasteiger partial charge in [0.05, 0.1) is 0 Å². The standard InChI is InChI=1S/C12H24N2O/c1-4-5-6-12(15)9-11-10-13(2)7-8-14(11)3/h11H,4-10H2,1-3H3.